The summed E-state index contributed by atoms with van der Waals surface area (Å²) in [7, 11) is 4.70. The van der Waals surface area contributed by atoms with E-state index in [1.807, 2.05) is 48.5 Å². The summed E-state index contributed by atoms with van der Waals surface area (Å²) in [4.78, 5) is 34.9. The minimum Gasteiger partial charge on any atom is -0.493 e. The van der Waals surface area contributed by atoms with Gasteiger partial charge in [-0.15, -0.1) is 0 Å². The Morgan fingerprint density at radius 3 is 2.30 bits per heavy atom. The molecule has 0 aliphatic carbocycles. The molecule has 1 N–H and O–H groups in total. The van der Waals surface area contributed by atoms with Crippen molar-refractivity contribution < 1.29 is 23.8 Å². The molecule has 1 saturated heterocycles. The average Bonchev–Trinajstić information content (AvgIpc) is 3.36. The van der Waals surface area contributed by atoms with E-state index in [-0.39, 0.29) is 18.4 Å². The molecule has 1 aromatic heterocycles. The van der Waals surface area contributed by atoms with Crippen molar-refractivity contribution in [3.05, 3.63) is 89.1 Å². The van der Waals surface area contributed by atoms with Crippen molar-refractivity contribution in [3.63, 3.8) is 0 Å². The van der Waals surface area contributed by atoms with Gasteiger partial charge in [0.25, 0.3) is 0 Å². The van der Waals surface area contributed by atoms with Gasteiger partial charge in [-0.1, -0.05) is 48.5 Å². The molecule has 0 spiro atoms. The zero-order chi connectivity index (χ0) is 27.8. The summed E-state index contributed by atoms with van der Waals surface area (Å²) in [5.41, 5.74) is 4.95. The minimum absolute atomic E-state index is 0.0129. The molecule has 0 bridgehead atoms. The van der Waals surface area contributed by atoms with Gasteiger partial charge in [-0.25, -0.2) is 0 Å². The van der Waals surface area contributed by atoms with Crippen molar-refractivity contribution in [1.29, 1.82) is 0 Å². The molecular formula is C32H33N3O5. The van der Waals surface area contributed by atoms with Crippen LogP contribution >= 0.6 is 0 Å². The van der Waals surface area contributed by atoms with Gasteiger partial charge in [0.2, 0.25) is 17.6 Å². The molecule has 2 atom stereocenters. The van der Waals surface area contributed by atoms with Gasteiger partial charge < -0.3 is 29.0 Å². The standard InChI is InChI=1S/C32H33N3O5/c1-38-26-16-21(17-27(39-2)31(26)40-3)30-29-23(22-13-7-8-14-24(22)33-29)18-25-32(37)34(19-28(36)35(25)30)15-9-12-20-10-5-4-6-11-20/h4-8,10-11,13-14,16-17,25,30,33H,9,12,15,18-19H2,1-3H3/t25-,30?/m0/s1. The zero-order valence-corrected chi connectivity index (χ0v) is 23.0. The first-order valence-electron chi connectivity index (χ1n) is 13.6. The number of aryl methyl sites for hydroxylation is 1. The van der Waals surface area contributed by atoms with E-state index in [1.165, 1.54) is 5.56 Å². The first kappa shape index (κ1) is 25.8. The topological polar surface area (TPSA) is 84.1 Å². The third-order valence-corrected chi connectivity index (χ3v) is 8.08. The number of carbonyl (C=O) groups excluding carboxylic acids is 2. The van der Waals surface area contributed by atoms with Crippen LogP contribution in [0.4, 0.5) is 0 Å². The Morgan fingerprint density at radius 1 is 0.900 bits per heavy atom. The van der Waals surface area contributed by atoms with Crippen molar-refractivity contribution in [2.24, 2.45) is 0 Å². The lowest BCUT2D eigenvalue weighted by Gasteiger charge is -2.47. The normalized spacial score (nSPS) is 18.5. The van der Waals surface area contributed by atoms with Gasteiger partial charge in [-0.3, -0.25) is 9.59 Å². The number of fused-ring (bicyclic) bond motifs is 4. The highest BCUT2D eigenvalue weighted by Crippen LogP contribution is 2.47. The molecule has 8 nitrogen and oxygen atoms in total. The van der Waals surface area contributed by atoms with Crippen LogP contribution in [-0.2, 0) is 22.4 Å². The van der Waals surface area contributed by atoms with Gasteiger partial charge in [0.15, 0.2) is 11.5 Å². The van der Waals surface area contributed by atoms with E-state index in [9.17, 15) is 9.59 Å². The van der Waals surface area contributed by atoms with E-state index in [2.05, 4.69) is 23.2 Å². The first-order chi connectivity index (χ1) is 19.5. The molecular weight excluding hydrogens is 506 g/mol. The van der Waals surface area contributed by atoms with Crippen LogP contribution in [0.15, 0.2) is 66.7 Å². The summed E-state index contributed by atoms with van der Waals surface area (Å²) in [5, 5.41) is 1.07. The highest BCUT2D eigenvalue weighted by atomic mass is 16.5. The van der Waals surface area contributed by atoms with Crippen molar-refractivity contribution in [1.82, 2.24) is 14.8 Å². The van der Waals surface area contributed by atoms with Gasteiger partial charge >= 0.3 is 0 Å². The summed E-state index contributed by atoms with van der Waals surface area (Å²) in [5.74, 6) is 1.38. The van der Waals surface area contributed by atoms with E-state index in [1.54, 1.807) is 31.1 Å². The number of benzene rings is 3. The smallest absolute Gasteiger partial charge is 0.246 e. The lowest BCUT2D eigenvalue weighted by Crippen LogP contribution is -2.63. The van der Waals surface area contributed by atoms with Gasteiger partial charge in [0.05, 0.1) is 33.9 Å². The van der Waals surface area contributed by atoms with E-state index in [0.717, 1.165) is 40.6 Å². The molecule has 2 amide bonds. The number of piperazine rings is 1. The van der Waals surface area contributed by atoms with E-state index in [4.69, 9.17) is 14.2 Å². The largest absolute Gasteiger partial charge is 0.493 e. The second kappa shape index (κ2) is 10.6. The Hall–Kier alpha value is -4.46. The second-order valence-electron chi connectivity index (χ2n) is 10.3. The van der Waals surface area contributed by atoms with Crippen LogP contribution in [0.2, 0.25) is 0 Å². The highest BCUT2D eigenvalue weighted by molar-refractivity contribution is 5.97. The molecule has 2 aliphatic heterocycles. The number of carbonyl (C=O) groups is 2. The third kappa shape index (κ3) is 4.33. The van der Waals surface area contributed by atoms with Crippen molar-refractivity contribution in [2.75, 3.05) is 34.4 Å². The molecule has 0 saturated carbocycles. The Morgan fingerprint density at radius 2 is 1.60 bits per heavy atom. The summed E-state index contributed by atoms with van der Waals surface area (Å²) in [6, 6.07) is 20.9. The predicted octanol–water partition coefficient (Wildman–Crippen LogP) is 4.51. The maximum Gasteiger partial charge on any atom is 0.246 e. The number of nitrogens with one attached hydrogen (secondary N) is 1. The molecule has 8 heteroatoms. The molecule has 0 radical (unpaired) electrons. The van der Waals surface area contributed by atoms with Gasteiger partial charge in [0, 0.05) is 29.6 Å². The van der Waals surface area contributed by atoms with Gasteiger partial charge in [-0.2, -0.15) is 0 Å². The van der Waals surface area contributed by atoms with Crippen LogP contribution in [0, 0.1) is 0 Å². The molecule has 1 fully saturated rings. The Labute approximate surface area is 233 Å². The minimum atomic E-state index is -0.603. The Kier molecular flexibility index (Phi) is 6.84. The van der Waals surface area contributed by atoms with Crippen LogP contribution < -0.4 is 14.2 Å². The van der Waals surface area contributed by atoms with Crippen LogP contribution in [-0.4, -0.2) is 67.1 Å². The van der Waals surface area contributed by atoms with E-state index in [0.29, 0.717) is 30.2 Å². The number of methoxy groups -OCH3 is 3. The number of H-pyrrole nitrogens is 1. The highest BCUT2D eigenvalue weighted by Gasteiger charge is 2.48. The number of aromatic amines is 1. The molecule has 1 unspecified atom stereocenters. The Balaban J connectivity index is 1.40. The van der Waals surface area contributed by atoms with Gasteiger partial charge in [-0.05, 0) is 47.7 Å². The summed E-state index contributed by atoms with van der Waals surface area (Å²) in [6.45, 7) is 0.597. The molecule has 2 aliphatic rings. The molecule has 3 aromatic carbocycles. The Bertz CT molecular complexity index is 1540. The number of nitrogens with zero attached hydrogens (tertiary/aromatic N) is 2. The number of ether oxygens (including phenoxy) is 3. The van der Waals surface area contributed by atoms with Crippen LogP contribution in [0.3, 0.4) is 0 Å². The van der Waals surface area contributed by atoms with Crippen molar-refractivity contribution >= 4 is 22.7 Å². The number of hydrogen-bond acceptors (Lipinski definition) is 5. The molecule has 40 heavy (non-hydrogen) atoms. The maximum absolute atomic E-state index is 14.0. The van der Waals surface area contributed by atoms with Crippen molar-refractivity contribution in [2.45, 2.75) is 31.3 Å². The number of amides is 2. The monoisotopic (exact) mass is 539 g/mol. The first-order valence-corrected chi connectivity index (χ1v) is 13.6. The predicted molar refractivity (Wildman–Crippen MR) is 152 cm³/mol. The number of hydrogen-bond donors (Lipinski definition) is 1. The van der Waals surface area contributed by atoms with Crippen LogP contribution in [0.5, 0.6) is 17.2 Å². The molecule has 3 heterocycles. The maximum atomic E-state index is 14.0. The fourth-order valence-corrected chi connectivity index (χ4v) is 6.24. The lowest BCUT2D eigenvalue weighted by atomic mass is 9.86. The van der Waals surface area contributed by atoms with E-state index >= 15 is 0 Å². The summed E-state index contributed by atoms with van der Waals surface area (Å²) >= 11 is 0. The SMILES string of the molecule is COc1cc(C2c3[nH]c4ccccc4c3C[C@H]3C(=O)N(CCCc4ccccc4)CC(=O)N23)cc(OC)c1OC. The molecule has 206 valence electrons. The fourth-order valence-electron chi connectivity index (χ4n) is 6.24. The second-order valence-corrected chi connectivity index (χ2v) is 10.3. The average molecular weight is 540 g/mol. The fraction of sp³-hybridized carbons (Fsp3) is 0.312. The summed E-state index contributed by atoms with van der Waals surface area (Å²) < 4.78 is 16.8. The molecule has 6 rings (SSSR count). The van der Waals surface area contributed by atoms with E-state index < -0.39 is 12.1 Å². The number of aromatic nitrogens is 1. The third-order valence-electron chi connectivity index (χ3n) is 8.08. The lowest BCUT2D eigenvalue weighted by molar-refractivity contribution is -0.158. The van der Waals surface area contributed by atoms with Crippen LogP contribution in [0.25, 0.3) is 10.9 Å². The summed E-state index contributed by atoms with van der Waals surface area (Å²) in [6.07, 6.45) is 2.11. The number of rotatable bonds is 8. The van der Waals surface area contributed by atoms with Gasteiger partial charge in [0.1, 0.15) is 6.04 Å². The molecule has 4 aromatic rings. The zero-order valence-electron chi connectivity index (χ0n) is 23.0. The van der Waals surface area contributed by atoms with Crippen LogP contribution in [0.1, 0.15) is 34.8 Å². The quantitative estimate of drug-likeness (QED) is 0.356. The van der Waals surface area contributed by atoms with Crippen molar-refractivity contribution in [3.8, 4) is 17.2 Å². The number of para-hydroxylation sites is 1.